The summed E-state index contributed by atoms with van der Waals surface area (Å²) < 4.78 is 0.902. The molecule has 0 bridgehead atoms. The molecule has 0 amide bonds. The first-order valence-electron chi connectivity index (χ1n) is 7.26. The number of rotatable bonds is 10. The molecule has 1 heterocycles. The summed E-state index contributed by atoms with van der Waals surface area (Å²) in [6.07, 6.45) is 9.16. The van der Waals surface area contributed by atoms with Crippen LogP contribution in [0.3, 0.4) is 0 Å². The molecule has 0 aliphatic carbocycles. The van der Waals surface area contributed by atoms with Crippen LogP contribution in [0, 0.1) is 0 Å². The van der Waals surface area contributed by atoms with E-state index in [0.717, 1.165) is 10.9 Å². The Hall–Kier alpha value is -0.0500. The number of unbranched alkanes of at least 4 members (excludes halogenated alkanes) is 4. The highest BCUT2D eigenvalue weighted by Gasteiger charge is 2.12. The van der Waals surface area contributed by atoms with Gasteiger partial charge in [-0.3, -0.25) is 0 Å². The molecule has 0 aliphatic rings. The highest BCUT2D eigenvalue weighted by Crippen LogP contribution is 2.30. The second kappa shape index (κ2) is 9.82. The van der Waals surface area contributed by atoms with Gasteiger partial charge in [0.15, 0.2) is 0 Å². The normalized spacial score (nSPS) is 12.8. The second-order valence-corrected chi connectivity index (χ2v) is 6.60. The van der Waals surface area contributed by atoms with E-state index < -0.39 is 0 Å². The van der Waals surface area contributed by atoms with E-state index in [0.29, 0.717) is 6.04 Å². The van der Waals surface area contributed by atoms with E-state index in [-0.39, 0.29) is 0 Å². The number of hydrogen-bond acceptors (Lipinski definition) is 2. The summed E-state index contributed by atoms with van der Waals surface area (Å²) in [4.78, 5) is 1.39. The maximum atomic E-state index is 6.03. The van der Waals surface area contributed by atoms with Crippen LogP contribution in [0.5, 0.6) is 0 Å². The lowest BCUT2D eigenvalue weighted by Crippen LogP contribution is -2.21. The predicted octanol–water partition coefficient (Wildman–Crippen LogP) is 5.80. The van der Waals surface area contributed by atoms with Crippen LogP contribution in [0.1, 0.15) is 69.7 Å². The third-order valence-electron chi connectivity index (χ3n) is 3.17. The first-order chi connectivity index (χ1) is 8.77. The average molecular weight is 288 g/mol. The van der Waals surface area contributed by atoms with Gasteiger partial charge in [0.2, 0.25) is 0 Å². The molecule has 18 heavy (non-hydrogen) atoms. The molecule has 0 aromatic carbocycles. The van der Waals surface area contributed by atoms with Gasteiger partial charge in [0.1, 0.15) is 0 Å². The molecule has 0 radical (unpaired) electrons. The summed E-state index contributed by atoms with van der Waals surface area (Å²) in [7, 11) is 0. The predicted molar refractivity (Wildman–Crippen MR) is 83.7 cm³/mol. The maximum absolute atomic E-state index is 6.03. The quantitative estimate of drug-likeness (QED) is 0.536. The van der Waals surface area contributed by atoms with Gasteiger partial charge in [-0.2, -0.15) is 0 Å². The van der Waals surface area contributed by atoms with Crippen molar-refractivity contribution in [1.82, 2.24) is 5.32 Å². The summed E-state index contributed by atoms with van der Waals surface area (Å²) in [5, 5.41) is 3.64. The van der Waals surface area contributed by atoms with Gasteiger partial charge in [-0.05, 0) is 31.5 Å². The Morgan fingerprint density at radius 3 is 2.50 bits per heavy atom. The van der Waals surface area contributed by atoms with Gasteiger partial charge in [0.25, 0.3) is 0 Å². The molecule has 1 nitrogen and oxygen atoms in total. The van der Waals surface area contributed by atoms with Crippen LogP contribution in [0.15, 0.2) is 12.1 Å². The third kappa shape index (κ3) is 6.21. The molecule has 0 fully saturated rings. The molecule has 3 heteroatoms. The molecule has 1 aromatic rings. The van der Waals surface area contributed by atoms with E-state index in [4.69, 9.17) is 11.6 Å². The first kappa shape index (κ1) is 16.0. The Kier molecular flexibility index (Phi) is 8.74. The van der Waals surface area contributed by atoms with Gasteiger partial charge >= 0.3 is 0 Å². The van der Waals surface area contributed by atoms with Gasteiger partial charge < -0.3 is 5.32 Å². The minimum atomic E-state index is 0.504. The van der Waals surface area contributed by atoms with E-state index >= 15 is 0 Å². The SMILES string of the molecule is CCCCCCCC(NCCC)c1ccc(Cl)s1. The molecule has 0 saturated heterocycles. The maximum Gasteiger partial charge on any atom is 0.0931 e. The minimum absolute atomic E-state index is 0.504. The fraction of sp³-hybridized carbons (Fsp3) is 0.733. The number of nitrogens with one attached hydrogen (secondary N) is 1. The van der Waals surface area contributed by atoms with Crippen molar-refractivity contribution in [3.8, 4) is 0 Å². The molecular formula is C15H26ClNS. The Morgan fingerprint density at radius 1 is 1.11 bits per heavy atom. The standard InChI is InChI=1S/C15H26ClNS/c1-3-5-6-7-8-9-13(17-12-4-2)14-10-11-15(16)18-14/h10-11,13,17H,3-9,12H2,1-2H3. The van der Waals surface area contributed by atoms with Crippen LogP contribution < -0.4 is 5.32 Å². The van der Waals surface area contributed by atoms with Crippen LogP contribution in [0.2, 0.25) is 4.34 Å². The highest BCUT2D eigenvalue weighted by atomic mass is 35.5. The van der Waals surface area contributed by atoms with Gasteiger partial charge in [-0.1, -0.05) is 57.6 Å². The molecule has 0 saturated carbocycles. The lowest BCUT2D eigenvalue weighted by molar-refractivity contribution is 0.473. The molecular weight excluding hydrogens is 262 g/mol. The van der Waals surface area contributed by atoms with Crippen molar-refractivity contribution in [3.05, 3.63) is 21.3 Å². The van der Waals surface area contributed by atoms with E-state index in [1.54, 1.807) is 11.3 Å². The molecule has 1 N–H and O–H groups in total. The summed E-state index contributed by atoms with van der Waals surface area (Å²) in [5.74, 6) is 0. The van der Waals surface area contributed by atoms with Crippen LogP contribution in [-0.2, 0) is 0 Å². The summed E-state index contributed by atoms with van der Waals surface area (Å²) >= 11 is 7.75. The zero-order valence-electron chi connectivity index (χ0n) is 11.7. The summed E-state index contributed by atoms with van der Waals surface area (Å²) in [6, 6.07) is 4.69. The zero-order valence-corrected chi connectivity index (χ0v) is 13.2. The van der Waals surface area contributed by atoms with E-state index in [1.807, 2.05) is 6.07 Å². The Balaban J connectivity index is 2.36. The smallest absolute Gasteiger partial charge is 0.0931 e. The van der Waals surface area contributed by atoms with Crippen molar-refractivity contribution in [1.29, 1.82) is 0 Å². The van der Waals surface area contributed by atoms with Crippen LogP contribution in [0.25, 0.3) is 0 Å². The van der Waals surface area contributed by atoms with Crippen LogP contribution in [0.4, 0.5) is 0 Å². The number of halogens is 1. The van der Waals surface area contributed by atoms with Crippen molar-refractivity contribution in [2.24, 2.45) is 0 Å². The molecule has 0 spiro atoms. The number of thiophene rings is 1. The van der Waals surface area contributed by atoms with Crippen LogP contribution >= 0.6 is 22.9 Å². The molecule has 1 atom stereocenters. The Labute approximate surface area is 121 Å². The van der Waals surface area contributed by atoms with Crippen molar-refractivity contribution < 1.29 is 0 Å². The largest absolute Gasteiger partial charge is 0.309 e. The lowest BCUT2D eigenvalue weighted by Gasteiger charge is -2.17. The molecule has 1 aromatic heterocycles. The van der Waals surface area contributed by atoms with Gasteiger partial charge in [0, 0.05) is 10.9 Å². The fourth-order valence-corrected chi connectivity index (χ4v) is 3.30. The van der Waals surface area contributed by atoms with Crippen molar-refractivity contribution in [3.63, 3.8) is 0 Å². The molecule has 1 rings (SSSR count). The van der Waals surface area contributed by atoms with Gasteiger partial charge in [-0.25, -0.2) is 0 Å². The molecule has 0 aliphatic heterocycles. The van der Waals surface area contributed by atoms with E-state index in [1.165, 1.54) is 49.8 Å². The van der Waals surface area contributed by atoms with Crippen molar-refractivity contribution in [2.75, 3.05) is 6.54 Å². The second-order valence-electron chi connectivity index (χ2n) is 4.85. The van der Waals surface area contributed by atoms with Gasteiger partial charge in [-0.15, -0.1) is 11.3 Å². The Morgan fingerprint density at radius 2 is 1.89 bits per heavy atom. The van der Waals surface area contributed by atoms with E-state index in [9.17, 15) is 0 Å². The highest BCUT2D eigenvalue weighted by molar-refractivity contribution is 7.16. The number of hydrogen-bond donors (Lipinski definition) is 1. The van der Waals surface area contributed by atoms with Crippen molar-refractivity contribution in [2.45, 2.75) is 64.8 Å². The monoisotopic (exact) mass is 287 g/mol. The first-order valence-corrected chi connectivity index (χ1v) is 8.46. The van der Waals surface area contributed by atoms with E-state index in [2.05, 4.69) is 25.2 Å². The average Bonchev–Trinajstić information content (AvgIpc) is 2.79. The third-order valence-corrected chi connectivity index (χ3v) is 4.52. The van der Waals surface area contributed by atoms with Gasteiger partial charge in [0.05, 0.1) is 4.34 Å². The lowest BCUT2D eigenvalue weighted by atomic mass is 10.1. The molecule has 104 valence electrons. The van der Waals surface area contributed by atoms with Crippen LogP contribution in [-0.4, -0.2) is 6.54 Å². The zero-order chi connectivity index (χ0) is 13.2. The van der Waals surface area contributed by atoms with Crippen molar-refractivity contribution >= 4 is 22.9 Å². The minimum Gasteiger partial charge on any atom is -0.309 e. The fourth-order valence-electron chi connectivity index (χ4n) is 2.13. The molecule has 1 unspecified atom stereocenters. The topological polar surface area (TPSA) is 12.0 Å². The summed E-state index contributed by atoms with van der Waals surface area (Å²) in [6.45, 7) is 5.57. The Bertz CT molecular complexity index is 311. The summed E-state index contributed by atoms with van der Waals surface area (Å²) in [5.41, 5.74) is 0.